The molecule has 0 radical (unpaired) electrons. The average molecular weight is 588 g/mol. The number of hydrogen-bond donors (Lipinski definition) is 2. The van der Waals surface area contributed by atoms with Gasteiger partial charge in [0.2, 0.25) is 18.6 Å². The molecule has 3 aromatic rings. The molecule has 0 saturated carbocycles. The maximum atomic E-state index is 13.6. The van der Waals surface area contributed by atoms with Gasteiger partial charge in [0.15, 0.2) is 16.7 Å². The fourth-order valence-electron chi connectivity index (χ4n) is 4.71. The number of fused-ring (bicyclic) bond motifs is 4. The van der Waals surface area contributed by atoms with Crippen molar-refractivity contribution in [1.29, 1.82) is 0 Å². The third-order valence-electron chi connectivity index (χ3n) is 6.88. The Hall–Kier alpha value is -4.71. The Kier molecular flexibility index (Phi) is 7.62. The monoisotopic (exact) mass is 587 g/mol. The van der Waals surface area contributed by atoms with Gasteiger partial charge in [0.1, 0.15) is 17.7 Å². The van der Waals surface area contributed by atoms with Crippen LogP contribution in [0.3, 0.4) is 0 Å². The highest BCUT2D eigenvalue weighted by Gasteiger charge is 2.43. The second kappa shape index (κ2) is 11.6. The van der Waals surface area contributed by atoms with Crippen molar-refractivity contribution in [1.82, 2.24) is 10.2 Å². The first-order chi connectivity index (χ1) is 20.4. The highest BCUT2D eigenvalue weighted by atomic mass is 32.2. The Balaban J connectivity index is 1.17. The van der Waals surface area contributed by atoms with E-state index in [1.807, 2.05) is 31.2 Å². The van der Waals surface area contributed by atoms with Crippen LogP contribution in [-0.2, 0) is 20.9 Å². The summed E-state index contributed by atoms with van der Waals surface area (Å²) >= 11 is 1.17. The number of para-hydroxylation sites is 1. The molecular formula is C30H26FN5O5S. The van der Waals surface area contributed by atoms with Crippen molar-refractivity contribution >= 4 is 51.9 Å². The molecule has 3 aromatic carbocycles. The number of ether oxygens (including phenoxy) is 2. The Morgan fingerprint density at radius 3 is 2.69 bits per heavy atom. The first kappa shape index (κ1) is 27.5. The second-order valence-corrected chi connectivity index (χ2v) is 10.9. The molecule has 2 atom stereocenters. The average Bonchev–Trinajstić information content (AvgIpc) is 3.59. The normalized spacial score (nSPS) is 17.1. The van der Waals surface area contributed by atoms with Gasteiger partial charge in [-0.15, -0.1) is 0 Å². The van der Waals surface area contributed by atoms with Crippen molar-refractivity contribution in [2.75, 3.05) is 12.1 Å². The van der Waals surface area contributed by atoms with Crippen LogP contribution in [0.15, 0.2) is 76.7 Å². The number of amidine groups is 2. The molecule has 3 heterocycles. The molecule has 214 valence electrons. The number of hydrogen-bond acceptors (Lipinski definition) is 8. The molecule has 3 aliphatic rings. The van der Waals surface area contributed by atoms with Crippen LogP contribution in [-0.4, -0.2) is 51.7 Å². The second-order valence-electron chi connectivity index (χ2n) is 9.73. The number of nitrogens with zero attached hydrogens (tertiary/aromatic N) is 3. The number of nitrogens with one attached hydrogen (secondary N) is 2. The van der Waals surface area contributed by atoms with Gasteiger partial charge in [0.05, 0.1) is 17.4 Å². The quantitative estimate of drug-likeness (QED) is 0.404. The third-order valence-corrected chi connectivity index (χ3v) is 8.20. The van der Waals surface area contributed by atoms with Crippen LogP contribution in [0.25, 0.3) is 0 Å². The van der Waals surface area contributed by atoms with Crippen LogP contribution in [0, 0.1) is 5.82 Å². The number of rotatable bonds is 8. The lowest BCUT2D eigenvalue weighted by Crippen LogP contribution is -2.43. The molecule has 0 fully saturated rings. The topological polar surface area (TPSA) is 122 Å². The minimum absolute atomic E-state index is 0.131. The maximum absolute atomic E-state index is 13.6. The summed E-state index contributed by atoms with van der Waals surface area (Å²) in [4.78, 5) is 50.4. The number of thioether (sulfide) groups is 1. The number of carbonyl (C=O) groups is 3. The largest absolute Gasteiger partial charge is 0.454 e. The van der Waals surface area contributed by atoms with Crippen molar-refractivity contribution in [2.24, 2.45) is 9.98 Å². The molecule has 6 rings (SSSR count). The third kappa shape index (κ3) is 5.57. The van der Waals surface area contributed by atoms with Gasteiger partial charge in [-0.3, -0.25) is 19.4 Å². The zero-order chi connectivity index (χ0) is 29.2. The molecule has 0 spiro atoms. The van der Waals surface area contributed by atoms with Gasteiger partial charge < -0.3 is 20.1 Å². The van der Waals surface area contributed by atoms with E-state index >= 15 is 0 Å². The van der Waals surface area contributed by atoms with Gasteiger partial charge >= 0.3 is 0 Å². The number of halogens is 1. The summed E-state index contributed by atoms with van der Waals surface area (Å²) in [6.07, 6.45) is 0.299. The van der Waals surface area contributed by atoms with Crippen molar-refractivity contribution in [3.8, 4) is 11.5 Å². The van der Waals surface area contributed by atoms with E-state index in [1.165, 1.54) is 28.8 Å². The van der Waals surface area contributed by atoms with Gasteiger partial charge in [-0.25, -0.2) is 14.3 Å². The maximum Gasteiger partial charge on any atom is 0.259 e. The van der Waals surface area contributed by atoms with Gasteiger partial charge in [-0.1, -0.05) is 43.0 Å². The summed E-state index contributed by atoms with van der Waals surface area (Å²) in [6.45, 7) is 2.21. The highest BCUT2D eigenvalue weighted by Crippen LogP contribution is 2.37. The lowest BCUT2D eigenvalue weighted by molar-refractivity contribution is -0.128. The van der Waals surface area contributed by atoms with Gasteiger partial charge in [-0.2, -0.15) is 0 Å². The minimum atomic E-state index is -0.951. The molecule has 3 amide bonds. The zero-order valence-corrected chi connectivity index (χ0v) is 23.3. The molecule has 3 aliphatic heterocycles. The van der Waals surface area contributed by atoms with E-state index in [2.05, 4.69) is 15.6 Å². The number of aliphatic imine (C=N–C) groups is 2. The Morgan fingerprint density at radius 2 is 1.88 bits per heavy atom. The van der Waals surface area contributed by atoms with Crippen LogP contribution in [0.4, 0.5) is 15.8 Å². The smallest absolute Gasteiger partial charge is 0.259 e. The molecule has 0 unspecified atom stereocenters. The van der Waals surface area contributed by atoms with Crippen LogP contribution >= 0.6 is 11.8 Å². The Labute approximate surface area is 245 Å². The predicted molar refractivity (Wildman–Crippen MR) is 156 cm³/mol. The SMILES string of the molecule is CC[C@H](SC1=Nc2ccccc2C2=N[C@@H](CC(=O)NCc3ccc(F)cc3)C(=O)N12)C(=O)Nc1ccc2c(c1)OCO2. The molecule has 0 bridgehead atoms. The summed E-state index contributed by atoms with van der Waals surface area (Å²) in [6, 6.07) is 17.3. The van der Waals surface area contributed by atoms with E-state index in [1.54, 1.807) is 30.3 Å². The first-order valence-corrected chi connectivity index (χ1v) is 14.3. The Morgan fingerprint density at radius 1 is 1.10 bits per heavy atom. The molecule has 10 nitrogen and oxygen atoms in total. The van der Waals surface area contributed by atoms with E-state index < -0.39 is 17.2 Å². The van der Waals surface area contributed by atoms with Crippen molar-refractivity contribution in [3.63, 3.8) is 0 Å². The summed E-state index contributed by atoms with van der Waals surface area (Å²) in [5.74, 6) is 0.186. The zero-order valence-electron chi connectivity index (χ0n) is 22.5. The molecule has 0 aliphatic carbocycles. The standard InChI is InChI=1S/C30H26FN5O5S/c1-2-25(28(38)33-19-11-12-23-24(13-19)41-16-40-23)42-30-35-21-6-4-3-5-20(21)27-34-22(29(39)36(27)30)14-26(37)32-15-17-7-9-18(31)10-8-17/h3-13,22,25H,2,14-16H2,1H3,(H,32,37)(H,33,38)/t22-,25-/m0/s1. The summed E-state index contributed by atoms with van der Waals surface area (Å²) in [5.41, 5.74) is 2.58. The van der Waals surface area contributed by atoms with E-state index in [9.17, 15) is 18.8 Å². The van der Waals surface area contributed by atoms with Crippen LogP contribution < -0.4 is 20.1 Å². The van der Waals surface area contributed by atoms with Crippen molar-refractivity contribution in [2.45, 2.75) is 37.6 Å². The number of benzene rings is 3. The summed E-state index contributed by atoms with van der Waals surface area (Å²) in [7, 11) is 0. The molecule has 0 aromatic heterocycles. The van der Waals surface area contributed by atoms with Crippen molar-refractivity contribution in [3.05, 3.63) is 83.7 Å². The molecule has 2 N–H and O–H groups in total. The minimum Gasteiger partial charge on any atom is -0.454 e. The van der Waals surface area contributed by atoms with E-state index in [4.69, 9.17) is 14.5 Å². The van der Waals surface area contributed by atoms with Crippen molar-refractivity contribution < 1.29 is 28.2 Å². The molecule has 42 heavy (non-hydrogen) atoms. The van der Waals surface area contributed by atoms with Gasteiger partial charge in [0.25, 0.3) is 5.91 Å². The highest BCUT2D eigenvalue weighted by molar-refractivity contribution is 8.15. The lowest BCUT2D eigenvalue weighted by atomic mass is 10.1. The van der Waals surface area contributed by atoms with Gasteiger partial charge in [0, 0.05) is 23.9 Å². The fraction of sp³-hybridized carbons (Fsp3) is 0.233. The summed E-state index contributed by atoms with van der Waals surface area (Å²) < 4.78 is 23.9. The molecule has 12 heteroatoms. The number of anilines is 1. The first-order valence-electron chi connectivity index (χ1n) is 13.4. The van der Waals surface area contributed by atoms with Crippen LogP contribution in [0.1, 0.15) is 30.9 Å². The van der Waals surface area contributed by atoms with E-state index in [-0.39, 0.29) is 37.4 Å². The number of carbonyl (C=O) groups excluding carboxylic acids is 3. The molecule has 0 saturated heterocycles. The lowest BCUT2D eigenvalue weighted by Gasteiger charge is -2.27. The van der Waals surface area contributed by atoms with Crippen LogP contribution in [0.5, 0.6) is 11.5 Å². The van der Waals surface area contributed by atoms with Gasteiger partial charge in [-0.05, 0) is 48.4 Å². The predicted octanol–water partition coefficient (Wildman–Crippen LogP) is 4.37. The van der Waals surface area contributed by atoms with E-state index in [0.29, 0.717) is 45.9 Å². The van der Waals surface area contributed by atoms with E-state index in [0.717, 1.165) is 5.56 Å². The number of amides is 3. The van der Waals surface area contributed by atoms with Crippen LogP contribution in [0.2, 0.25) is 0 Å². The Bertz CT molecular complexity index is 1630. The summed E-state index contributed by atoms with van der Waals surface area (Å²) in [5, 5.41) is 5.42. The molecular weight excluding hydrogens is 561 g/mol. The fourth-order valence-corrected chi connectivity index (χ4v) is 5.73.